The molecule has 0 aliphatic heterocycles. The van der Waals surface area contributed by atoms with Gasteiger partial charge in [0, 0.05) is 29.8 Å². The van der Waals surface area contributed by atoms with Crippen molar-refractivity contribution in [3.8, 4) is 0 Å². The van der Waals surface area contributed by atoms with Crippen molar-refractivity contribution < 1.29 is 19.8 Å². The van der Waals surface area contributed by atoms with Crippen LogP contribution in [-0.2, 0) is 35.4 Å². The first-order valence-corrected chi connectivity index (χ1v) is 11.1. The van der Waals surface area contributed by atoms with E-state index in [4.69, 9.17) is 5.11 Å². The highest BCUT2D eigenvalue weighted by Gasteiger charge is 2.14. The molecule has 0 atom stereocenters. The first-order chi connectivity index (χ1) is 15.0. The molecule has 1 aromatic carbocycles. The summed E-state index contributed by atoms with van der Waals surface area (Å²) in [7, 11) is 0. The van der Waals surface area contributed by atoms with Crippen molar-refractivity contribution in [1.29, 1.82) is 0 Å². The topological polar surface area (TPSA) is 92.4 Å². The van der Waals surface area contributed by atoms with E-state index in [-0.39, 0.29) is 6.42 Å². The third-order valence-corrected chi connectivity index (χ3v) is 5.86. The average molecular weight is 439 g/mol. The van der Waals surface area contributed by atoms with Crippen LogP contribution in [0.15, 0.2) is 53.5 Å². The van der Waals surface area contributed by atoms with Crippen LogP contribution in [0.4, 0.5) is 0 Å². The lowest BCUT2D eigenvalue weighted by molar-refractivity contribution is -0.136. The minimum absolute atomic E-state index is 0.00815. The quantitative estimate of drug-likeness (QED) is 0.424. The van der Waals surface area contributed by atoms with Crippen molar-refractivity contribution in [2.45, 2.75) is 45.6 Å². The highest BCUT2D eigenvalue weighted by molar-refractivity contribution is 7.09. The molecule has 7 heteroatoms. The molecule has 0 bridgehead atoms. The van der Waals surface area contributed by atoms with E-state index in [2.05, 4.69) is 16.5 Å². The van der Waals surface area contributed by atoms with Crippen LogP contribution in [-0.4, -0.2) is 31.7 Å². The number of aliphatic carboxylic acids is 2. The molecule has 0 spiro atoms. The third kappa shape index (κ3) is 6.39. The second-order valence-electron chi connectivity index (χ2n) is 7.41. The lowest BCUT2D eigenvalue weighted by Crippen LogP contribution is -2.09. The van der Waals surface area contributed by atoms with Crippen LogP contribution in [0.3, 0.4) is 0 Å². The summed E-state index contributed by atoms with van der Waals surface area (Å²) in [5, 5.41) is 20.6. The van der Waals surface area contributed by atoms with Crippen molar-refractivity contribution in [2.75, 3.05) is 0 Å². The van der Waals surface area contributed by atoms with E-state index in [9.17, 15) is 14.7 Å². The number of carbonyl (C=O) groups is 2. The molecule has 0 aliphatic rings. The third-order valence-electron chi connectivity index (χ3n) is 4.98. The van der Waals surface area contributed by atoms with Crippen molar-refractivity contribution >= 4 is 29.4 Å². The number of carboxylic acid groups (broad SMARTS) is 2. The molecular weight excluding hydrogens is 412 g/mol. The van der Waals surface area contributed by atoms with Gasteiger partial charge in [-0.25, -0.2) is 9.78 Å². The zero-order valence-electron chi connectivity index (χ0n) is 17.5. The normalized spacial score (nSPS) is 11.6. The standard InChI is InChI=1S/C24H26N2O4S/c1-2-3-6-22-25-15-20(13-19(24(29)30)14-21-5-4-11-31-21)26(22)16-18-9-7-17(8-10-18)12-23(27)28/h4-5,7-11,13,15H,2-3,6,12,14,16H2,1H3,(H,27,28)(H,29,30)/b19-13+. The van der Waals surface area contributed by atoms with Crippen molar-refractivity contribution in [1.82, 2.24) is 9.55 Å². The van der Waals surface area contributed by atoms with Gasteiger partial charge in [0.05, 0.1) is 18.3 Å². The molecule has 2 aromatic heterocycles. The summed E-state index contributed by atoms with van der Waals surface area (Å²) in [4.78, 5) is 28.3. The number of carboxylic acids is 2. The molecule has 3 rings (SSSR count). The summed E-state index contributed by atoms with van der Waals surface area (Å²) in [6.07, 6.45) is 6.66. The number of rotatable bonds is 11. The van der Waals surface area contributed by atoms with Gasteiger partial charge in [0.1, 0.15) is 5.82 Å². The zero-order chi connectivity index (χ0) is 22.2. The van der Waals surface area contributed by atoms with Crippen LogP contribution >= 0.6 is 11.3 Å². The maximum absolute atomic E-state index is 11.9. The molecule has 0 aliphatic carbocycles. The predicted molar refractivity (Wildman–Crippen MR) is 121 cm³/mol. The summed E-state index contributed by atoms with van der Waals surface area (Å²) < 4.78 is 2.05. The van der Waals surface area contributed by atoms with Crippen LogP contribution in [0.1, 0.15) is 47.3 Å². The Morgan fingerprint density at radius 3 is 2.45 bits per heavy atom. The zero-order valence-corrected chi connectivity index (χ0v) is 18.3. The molecule has 2 heterocycles. The molecule has 0 saturated carbocycles. The first kappa shape index (κ1) is 22.5. The molecule has 162 valence electrons. The van der Waals surface area contributed by atoms with E-state index in [1.807, 2.05) is 41.8 Å². The Bertz CT molecular complexity index is 1050. The maximum atomic E-state index is 11.9. The van der Waals surface area contributed by atoms with Crippen molar-refractivity contribution in [2.24, 2.45) is 0 Å². The second-order valence-corrected chi connectivity index (χ2v) is 8.44. The van der Waals surface area contributed by atoms with Gasteiger partial charge in [-0.1, -0.05) is 43.7 Å². The summed E-state index contributed by atoms with van der Waals surface area (Å²) in [6, 6.07) is 11.3. The molecular formula is C24H26N2O4S. The Labute approximate surface area is 185 Å². The number of benzene rings is 1. The number of unbranched alkanes of at least 4 members (excludes halogenated alkanes) is 1. The van der Waals surface area contributed by atoms with Gasteiger partial charge in [0.25, 0.3) is 0 Å². The fourth-order valence-electron chi connectivity index (χ4n) is 3.35. The average Bonchev–Trinajstić information content (AvgIpc) is 3.37. The molecule has 3 aromatic rings. The van der Waals surface area contributed by atoms with Gasteiger partial charge in [-0.05, 0) is 35.1 Å². The number of nitrogens with zero attached hydrogens (tertiary/aromatic N) is 2. The number of imidazole rings is 1. The van der Waals surface area contributed by atoms with E-state index in [0.29, 0.717) is 18.5 Å². The smallest absolute Gasteiger partial charge is 0.332 e. The second kappa shape index (κ2) is 10.7. The lowest BCUT2D eigenvalue weighted by Gasteiger charge is -2.12. The van der Waals surface area contributed by atoms with Gasteiger partial charge in [-0.3, -0.25) is 4.79 Å². The predicted octanol–water partition coefficient (Wildman–Crippen LogP) is 4.67. The van der Waals surface area contributed by atoms with Gasteiger partial charge >= 0.3 is 11.9 Å². The minimum atomic E-state index is -0.936. The van der Waals surface area contributed by atoms with Gasteiger partial charge < -0.3 is 14.8 Å². The number of aryl methyl sites for hydroxylation is 1. The SMILES string of the molecule is CCCCc1ncc(/C=C(\Cc2cccs2)C(=O)O)n1Cc1ccc(CC(=O)O)cc1. The molecule has 6 nitrogen and oxygen atoms in total. The number of aromatic nitrogens is 2. The Morgan fingerprint density at radius 2 is 1.84 bits per heavy atom. The highest BCUT2D eigenvalue weighted by atomic mass is 32.1. The molecule has 0 amide bonds. The van der Waals surface area contributed by atoms with Gasteiger partial charge in [0.15, 0.2) is 0 Å². The van der Waals surface area contributed by atoms with Crippen LogP contribution in [0.2, 0.25) is 0 Å². The molecule has 0 fully saturated rings. The fraction of sp³-hybridized carbons (Fsp3) is 0.292. The molecule has 2 N–H and O–H groups in total. The largest absolute Gasteiger partial charge is 0.481 e. The first-order valence-electron chi connectivity index (χ1n) is 10.3. The van der Waals surface area contributed by atoms with Gasteiger partial charge in [-0.15, -0.1) is 11.3 Å². The van der Waals surface area contributed by atoms with Gasteiger partial charge in [-0.2, -0.15) is 0 Å². The lowest BCUT2D eigenvalue weighted by atomic mass is 10.1. The Morgan fingerprint density at radius 1 is 1.10 bits per heavy atom. The van der Waals surface area contributed by atoms with E-state index < -0.39 is 11.9 Å². The maximum Gasteiger partial charge on any atom is 0.332 e. The molecule has 0 saturated heterocycles. The van der Waals surface area contributed by atoms with Crippen molar-refractivity contribution in [3.05, 3.63) is 81.1 Å². The highest BCUT2D eigenvalue weighted by Crippen LogP contribution is 2.20. The minimum Gasteiger partial charge on any atom is -0.481 e. The molecule has 0 unspecified atom stereocenters. The van der Waals surface area contributed by atoms with Crippen molar-refractivity contribution in [3.63, 3.8) is 0 Å². The van der Waals surface area contributed by atoms with E-state index >= 15 is 0 Å². The molecule has 31 heavy (non-hydrogen) atoms. The fourth-order valence-corrected chi connectivity index (χ4v) is 4.08. The number of hydrogen-bond acceptors (Lipinski definition) is 4. The molecule has 0 radical (unpaired) electrons. The monoisotopic (exact) mass is 438 g/mol. The van der Waals surface area contributed by atoms with Gasteiger partial charge in [0.2, 0.25) is 0 Å². The number of hydrogen-bond donors (Lipinski definition) is 2. The van der Waals surface area contributed by atoms with Crippen LogP contribution < -0.4 is 0 Å². The van der Waals surface area contributed by atoms with Crippen LogP contribution in [0.25, 0.3) is 6.08 Å². The Balaban J connectivity index is 1.90. The van der Waals surface area contributed by atoms with E-state index in [1.165, 1.54) is 11.3 Å². The Kier molecular flexibility index (Phi) is 7.78. The summed E-state index contributed by atoms with van der Waals surface area (Å²) in [5.74, 6) is -0.874. The number of thiophene rings is 1. The van der Waals surface area contributed by atoms with Crippen LogP contribution in [0, 0.1) is 0 Å². The summed E-state index contributed by atoms with van der Waals surface area (Å²) in [6.45, 7) is 2.67. The summed E-state index contributed by atoms with van der Waals surface area (Å²) in [5.41, 5.74) is 2.84. The van der Waals surface area contributed by atoms with Crippen LogP contribution in [0.5, 0.6) is 0 Å². The Hall–Kier alpha value is -3.19. The van der Waals surface area contributed by atoms with E-state index in [1.54, 1.807) is 12.3 Å². The summed E-state index contributed by atoms with van der Waals surface area (Å²) >= 11 is 1.54. The van der Waals surface area contributed by atoms with E-state index in [0.717, 1.165) is 46.8 Å².